The number of nitrogens with zero attached hydrogens (tertiary/aromatic N) is 2. The lowest BCUT2D eigenvalue weighted by Crippen LogP contribution is -2.29. The van der Waals surface area contributed by atoms with E-state index in [0.717, 1.165) is 42.1 Å². The Labute approximate surface area is 137 Å². The fraction of sp³-hybridized carbons (Fsp3) is 0.421. The molecule has 23 heavy (non-hydrogen) atoms. The number of carbonyl (C=O) groups is 1. The van der Waals surface area contributed by atoms with Crippen molar-refractivity contribution in [1.82, 2.24) is 9.47 Å². The van der Waals surface area contributed by atoms with E-state index in [-0.39, 0.29) is 11.6 Å². The zero-order valence-corrected chi connectivity index (χ0v) is 14.4. The molecular formula is C19H25FN2O. The first-order chi connectivity index (χ1) is 11.0. The molecule has 3 nitrogen and oxygen atoms in total. The first-order valence-electron chi connectivity index (χ1n) is 8.24. The summed E-state index contributed by atoms with van der Waals surface area (Å²) in [5.74, 6) is -0.107. The van der Waals surface area contributed by atoms with E-state index in [1.54, 1.807) is 12.1 Å². The Morgan fingerprint density at radius 2 is 1.74 bits per heavy atom. The van der Waals surface area contributed by atoms with Crippen molar-refractivity contribution in [3.63, 3.8) is 0 Å². The van der Waals surface area contributed by atoms with Crippen molar-refractivity contribution in [2.75, 3.05) is 19.6 Å². The molecule has 0 N–H and O–H groups in total. The number of aromatic nitrogens is 1. The van der Waals surface area contributed by atoms with Gasteiger partial charge in [0.1, 0.15) is 5.82 Å². The topological polar surface area (TPSA) is 25.2 Å². The van der Waals surface area contributed by atoms with Crippen LogP contribution in [-0.4, -0.2) is 34.9 Å². The average molecular weight is 316 g/mol. The van der Waals surface area contributed by atoms with E-state index in [4.69, 9.17) is 0 Å². The molecule has 2 rings (SSSR count). The number of aryl methyl sites for hydroxylation is 1. The van der Waals surface area contributed by atoms with Gasteiger partial charge in [-0.3, -0.25) is 9.69 Å². The maximum absolute atomic E-state index is 13.2. The highest BCUT2D eigenvalue weighted by Crippen LogP contribution is 2.23. The predicted octanol–water partition coefficient (Wildman–Crippen LogP) is 4.01. The third-order valence-electron chi connectivity index (χ3n) is 4.27. The summed E-state index contributed by atoms with van der Waals surface area (Å²) >= 11 is 0. The molecule has 124 valence electrons. The molecule has 0 saturated carbocycles. The lowest BCUT2D eigenvalue weighted by molar-refractivity contribution is 0.0936. The third kappa shape index (κ3) is 3.70. The van der Waals surface area contributed by atoms with Gasteiger partial charge in [-0.1, -0.05) is 20.8 Å². The van der Waals surface area contributed by atoms with Crippen molar-refractivity contribution in [3.05, 3.63) is 53.1 Å². The van der Waals surface area contributed by atoms with E-state index < -0.39 is 0 Å². The molecule has 1 aromatic heterocycles. The summed E-state index contributed by atoms with van der Waals surface area (Å²) < 4.78 is 15.2. The summed E-state index contributed by atoms with van der Waals surface area (Å²) in [6, 6.07) is 8.35. The normalized spacial score (nSPS) is 11.2. The lowest BCUT2D eigenvalue weighted by Gasteiger charge is -2.17. The monoisotopic (exact) mass is 316 g/mol. The first-order valence-corrected chi connectivity index (χ1v) is 8.24. The number of likely N-dealkylation sites (N-methyl/N-ethyl adjacent to an activating group) is 1. The zero-order valence-electron chi connectivity index (χ0n) is 14.4. The van der Waals surface area contributed by atoms with Crippen LogP contribution in [0.1, 0.15) is 42.5 Å². The lowest BCUT2D eigenvalue weighted by atomic mass is 10.1. The molecule has 0 saturated heterocycles. The Balaban J connectivity index is 2.41. The number of benzene rings is 1. The Morgan fingerprint density at radius 3 is 2.26 bits per heavy atom. The number of carbonyl (C=O) groups excluding carboxylic acids is 1. The van der Waals surface area contributed by atoms with Gasteiger partial charge >= 0.3 is 0 Å². The predicted molar refractivity (Wildman–Crippen MR) is 92.0 cm³/mol. The second kappa shape index (κ2) is 7.55. The van der Waals surface area contributed by atoms with E-state index in [1.807, 2.05) is 19.9 Å². The van der Waals surface area contributed by atoms with Crippen molar-refractivity contribution < 1.29 is 9.18 Å². The van der Waals surface area contributed by atoms with Crippen molar-refractivity contribution in [2.24, 2.45) is 0 Å². The summed E-state index contributed by atoms with van der Waals surface area (Å²) in [4.78, 5) is 14.8. The van der Waals surface area contributed by atoms with Crippen LogP contribution in [0.4, 0.5) is 4.39 Å². The van der Waals surface area contributed by atoms with Gasteiger partial charge in [0.05, 0.1) is 6.54 Å². The number of halogens is 1. The van der Waals surface area contributed by atoms with Gasteiger partial charge in [0.2, 0.25) is 0 Å². The van der Waals surface area contributed by atoms with Gasteiger partial charge in [-0.2, -0.15) is 0 Å². The van der Waals surface area contributed by atoms with Crippen LogP contribution in [0.3, 0.4) is 0 Å². The maximum Gasteiger partial charge on any atom is 0.178 e. The van der Waals surface area contributed by atoms with Gasteiger partial charge < -0.3 is 4.57 Å². The maximum atomic E-state index is 13.2. The molecule has 4 heteroatoms. The van der Waals surface area contributed by atoms with Gasteiger partial charge in [-0.15, -0.1) is 0 Å². The molecule has 0 aliphatic heterocycles. The highest BCUT2D eigenvalue weighted by molar-refractivity contribution is 5.99. The number of hydrogen-bond acceptors (Lipinski definition) is 2. The van der Waals surface area contributed by atoms with Crippen molar-refractivity contribution in [2.45, 2.75) is 34.1 Å². The van der Waals surface area contributed by atoms with E-state index in [9.17, 15) is 9.18 Å². The SMILES string of the molecule is CCc1c(C(=O)CN(CC)CC)cc(C)n1-c1ccc(F)cc1. The fourth-order valence-corrected chi connectivity index (χ4v) is 2.97. The number of ketones is 1. The molecular weight excluding hydrogens is 291 g/mol. The largest absolute Gasteiger partial charge is 0.317 e. The van der Waals surface area contributed by atoms with Gasteiger partial charge in [0, 0.05) is 22.6 Å². The summed E-state index contributed by atoms with van der Waals surface area (Å²) in [6.45, 7) is 10.3. The molecule has 0 amide bonds. The minimum atomic E-state index is -0.255. The van der Waals surface area contributed by atoms with E-state index in [1.165, 1.54) is 12.1 Å². The van der Waals surface area contributed by atoms with Crippen LogP contribution in [-0.2, 0) is 6.42 Å². The van der Waals surface area contributed by atoms with Gasteiger partial charge in [-0.05, 0) is 56.8 Å². The van der Waals surface area contributed by atoms with Gasteiger partial charge in [0.15, 0.2) is 5.78 Å². The second-order valence-electron chi connectivity index (χ2n) is 5.70. The van der Waals surface area contributed by atoms with Crippen LogP contribution < -0.4 is 0 Å². The van der Waals surface area contributed by atoms with Crippen LogP contribution in [0.25, 0.3) is 5.69 Å². The van der Waals surface area contributed by atoms with E-state index in [0.29, 0.717) is 6.54 Å². The molecule has 0 atom stereocenters. The quantitative estimate of drug-likeness (QED) is 0.721. The van der Waals surface area contributed by atoms with Crippen LogP contribution >= 0.6 is 0 Å². The molecule has 1 heterocycles. The highest BCUT2D eigenvalue weighted by atomic mass is 19.1. The van der Waals surface area contributed by atoms with E-state index >= 15 is 0 Å². The summed E-state index contributed by atoms with van der Waals surface area (Å²) in [6.07, 6.45) is 0.755. The third-order valence-corrected chi connectivity index (χ3v) is 4.27. The van der Waals surface area contributed by atoms with Crippen LogP contribution in [0, 0.1) is 12.7 Å². The molecule has 0 aliphatic rings. The Morgan fingerprint density at radius 1 is 1.13 bits per heavy atom. The molecule has 0 radical (unpaired) electrons. The van der Waals surface area contributed by atoms with Crippen molar-refractivity contribution in [1.29, 1.82) is 0 Å². The Hall–Kier alpha value is -1.94. The molecule has 0 unspecified atom stereocenters. The van der Waals surface area contributed by atoms with Crippen LogP contribution in [0.15, 0.2) is 30.3 Å². The Kier molecular flexibility index (Phi) is 5.72. The van der Waals surface area contributed by atoms with Crippen molar-refractivity contribution in [3.8, 4) is 5.69 Å². The summed E-state index contributed by atoms with van der Waals surface area (Å²) in [5, 5.41) is 0. The summed E-state index contributed by atoms with van der Waals surface area (Å²) in [7, 11) is 0. The highest BCUT2D eigenvalue weighted by Gasteiger charge is 2.19. The van der Waals surface area contributed by atoms with Crippen LogP contribution in [0.2, 0.25) is 0 Å². The molecule has 0 aliphatic carbocycles. The molecule has 0 spiro atoms. The smallest absolute Gasteiger partial charge is 0.178 e. The minimum Gasteiger partial charge on any atom is -0.317 e. The van der Waals surface area contributed by atoms with Gasteiger partial charge in [-0.25, -0.2) is 4.39 Å². The molecule has 0 bridgehead atoms. The fourth-order valence-electron chi connectivity index (χ4n) is 2.97. The number of hydrogen-bond donors (Lipinski definition) is 0. The Bertz CT molecular complexity index is 669. The first kappa shape index (κ1) is 17.4. The van der Waals surface area contributed by atoms with Gasteiger partial charge in [0.25, 0.3) is 0 Å². The molecule has 2 aromatic rings. The standard InChI is InChI=1S/C19H25FN2O/c1-5-18-17(19(23)13-21(6-2)7-3)12-14(4)22(18)16-10-8-15(20)9-11-16/h8-12H,5-7,13H2,1-4H3. The zero-order chi connectivity index (χ0) is 17.0. The minimum absolute atomic E-state index is 0.148. The second-order valence-corrected chi connectivity index (χ2v) is 5.70. The average Bonchev–Trinajstić information content (AvgIpc) is 2.89. The van der Waals surface area contributed by atoms with Crippen molar-refractivity contribution >= 4 is 5.78 Å². The molecule has 0 fully saturated rings. The van der Waals surface area contributed by atoms with Crippen LogP contribution in [0.5, 0.6) is 0 Å². The summed E-state index contributed by atoms with van der Waals surface area (Å²) in [5.41, 5.74) is 3.66. The van der Waals surface area contributed by atoms with E-state index in [2.05, 4.69) is 23.3 Å². The molecule has 1 aromatic carbocycles. The number of Topliss-reactive ketones (excluding diaryl/α,β-unsaturated/α-hetero) is 1. The number of rotatable bonds is 7.